The monoisotopic (exact) mass is 568 g/mol. The predicted molar refractivity (Wildman–Crippen MR) is 151 cm³/mol. The van der Waals surface area contributed by atoms with E-state index in [1.165, 1.54) is 0 Å². The van der Waals surface area contributed by atoms with Crippen molar-refractivity contribution in [2.75, 3.05) is 32.7 Å². The first-order valence-corrected chi connectivity index (χ1v) is 14.6. The lowest BCUT2D eigenvalue weighted by atomic mass is 9.84. The summed E-state index contributed by atoms with van der Waals surface area (Å²) in [7, 11) is 0. The van der Waals surface area contributed by atoms with E-state index in [1.807, 2.05) is 43.0 Å². The minimum atomic E-state index is -0.545. The van der Waals surface area contributed by atoms with Crippen LogP contribution >= 0.6 is 11.3 Å². The number of thiazole rings is 1. The summed E-state index contributed by atoms with van der Waals surface area (Å²) in [5.41, 5.74) is 1.79. The fourth-order valence-electron chi connectivity index (χ4n) is 5.88. The van der Waals surface area contributed by atoms with Crippen LogP contribution in [-0.2, 0) is 9.53 Å². The molecule has 11 nitrogen and oxygen atoms in total. The number of carboxylic acid groups (broad SMARTS) is 1. The Morgan fingerprint density at radius 2 is 1.90 bits per heavy atom. The average Bonchev–Trinajstić information content (AvgIpc) is 3.68. The lowest BCUT2D eigenvalue weighted by molar-refractivity contribution is -0.122. The number of hydrogen-bond donors (Lipinski definition) is 2. The van der Waals surface area contributed by atoms with E-state index in [9.17, 15) is 9.59 Å². The number of carbonyl (C=O) groups excluding carboxylic acids is 2. The van der Waals surface area contributed by atoms with Crippen LogP contribution < -0.4 is 5.32 Å². The molecule has 7 rings (SSSR count). The zero-order valence-corrected chi connectivity index (χ0v) is 23.9. The van der Waals surface area contributed by atoms with Gasteiger partial charge in [0.1, 0.15) is 10.6 Å². The Balaban J connectivity index is 0.00000103. The highest BCUT2D eigenvalue weighted by molar-refractivity contribution is 7.13. The molecule has 4 saturated heterocycles. The Bertz CT molecular complexity index is 1360. The molecule has 1 aromatic carbocycles. The number of likely N-dealkylation sites (tertiary alicyclic amines) is 1. The first-order valence-electron chi connectivity index (χ1n) is 13.7. The second-order valence-corrected chi connectivity index (χ2v) is 12.4. The number of carbonyl (C=O) groups is 3. The van der Waals surface area contributed by atoms with Crippen LogP contribution in [0.1, 0.15) is 56.6 Å². The van der Waals surface area contributed by atoms with Crippen molar-refractivity contribution in [2.24, 2.45) is 5.92 Å². The third-order valence-electron chi connectivity index (χ3n) is 7.74. The fraction of sp³-hybridized carbons (Fsp3) is 0.536. The minimum Gasteiger partial charge on any atom is -0.483 e. The van der Waals surface area contributed by atoms with Crippen molar-refractivity contribution in [2.45, 2.75) is 57.7 Å². The van der Waals surface area contributed by atoms with Gasteiger partial charge in [-0.1, -0.05) is 6.07 Å². The predicted octanol–water partition coefficient (Wildman–Crippen LogP) is 3.87. The molecule has 0 aliphatic carbocycles. The van der Waals surface area contributed by atoms with Gasteiger partial charge in [0.05, 0.1) is 11.6 Å². The Kier molecular flexibility index (Phi) is 8.09. The lowest BCUT2D eigenvalue weighted by Gasteiger charge is -2.44. The van der Waals surface area contributed by atoms with E-state index >= 15 is 0 Å². The maximum absolute atomic E-state index is 13.6. The summed E-state index contributed by atoms with van der Waals surface area (Å²) < 4.78 is 7.54. The van der Waals surface area contributed by atoms with Crippen LogP contribution in [-0.4, -0.2) is 92.5 Å². The van der Waals surface area contributed by atoms with Gasteiger partial charge in [0.15, 0.2) is 5.69 Å². The zero-order valence-electron chi connectivity index (χ0n) is 23.1. The zero-order chi connectivity index (χ0) is 28.4. The Hall–Kier alpha value is -3.51. The molecule has 0 radical (unpaired) electrons. The maximum Gasteiger partial charge on any atom is 0.410 e. The standard InChI is InChI=1S/C27H34N6O3S.CH2O2/c1-27(2,3)36-26(35)32-12-8-19(15-32)33-22-14-18(25-28-9-13-37-25)4-5-20(22)23(30-33)24(34)29-21-16-31-10-6-17(21)7-11-31;2-1-3/h4-5,9,13-14,17,19,21H,6-8,10-12,15-16H2,1-3H3,(H,29,34);1H,(H,2,3)/t19?,21-;/m1./s1. The van der Waals surface area contributed by atoms with E-state index in [1.54, 1.807) is 22.4 Å². The van der Waals surface area contributed by atoms with Crippen LogP contribution in [0, 0.1) is 5.92 Å². The first kappa shape index (κ1) is 28.0. The number of nitrogens with one attached hydrogen (secondary N) is 1. The van der Waals surface area contributed by atoms with Crippen LogP contribution in [0.15, 0.2) is 29.8 Å². The van der Waals surface area contributed by atoms with Crippen molar-refractivity contribution in [3.63, 3.8) is 0 Å². The molecule has 2 bridgehead atoms. The molecular weight excluding hydrogens is 532 g/mol. The Morgan fingerprint density at radius 3 is 2.52 bits per heavy atom. The highest BCUT2D eigenvalue weighted by Crippen LogP contribution is 2.33. The number of benzene rings is 1. The molecule has 1 unspecified atom stereocenters. The van der Waals surface area contributed by atoms with Gasteiger partial charge in [-0.15, -0.1) is 11.3 Å². The summed E-state index contributed by atoms with van der Waals surface area (Å²) in [6.45, 7) is 9.63. The van der Waals surface area contributed by atoms with Gasteiger partial charge in [-0.25, -0.2) is 9.78 Å². The molecule has 4 fully saturated rings. The highest BCUT2D eigenvalue weighted by atomic mass is 32.1. The number of fused-ring (bicyclic) bond motifs is 4. The third-order valence-corrected chi connectivity index (χ3v) is 8.56. The first-order chi connectivity index (χ1) is 19.2. The van der Waals surface area contributed by atoms with Crippen molar-refractivity contribution in [1.29, 1.82) is 0 Å². The van der Waals surface area contributed by atoms with Gasteiger partial charge in [0.2, 0.25) is 0 Å². The molecular formula is C28H36N6O5S. The second-order valence-electron chi connectivity index (χ2n) is 11.6. The van der Waals surface area contributed by atoms with Crippen molar-refractivity contribution < 1.29 is 24.2 Å². The molecule has 2 atom stereocenters. The molecule has 2 N–H and O–H groups in total. The quantitative estimate of drug-likeness (QED) is 0.454. The molecule has 214 valence electrons. The topological polar surface area (TPSA) is 130 Å². The van der Waals surface area contributed by atoms with Gasteiger partial charge < -0.3 is 25.0 Å². The number of nitrogens with zero attached hydrogens (tertiary/aromatic N) is 5. The van der Waals surface area contributed by atoms with Gasteiger partial charge in [-0.2, -0.15) is 5.10 Å². The van der Waals surface area contributed by atoms with Crippen LogP contribution in [0.25, 0.3) is 21.5 Å². The van der Waals surface area contributed by atoms with Crippen molar-refractivity contribution in [3.05, 3.63) is 35.5 Å². The van der Waals surface area contributed by atoms with Crippen LogP contribution in [0.3, 0.4) is 0 Å². The largest absolute Gasteiger partial charge is 0.483 e. The molecule has 0 spiro atoms. The smallest absolute Gasteiger partial charge is 0.410 e. The van der Waals surface area contributed by atoms with E-state index in [4.69, 9.17) is 19.7 Å². The summed E-state index contributed by atoms with van der Waals surface area (Å²) >= 11 is 1.58. The molecule has 12 heteroatoms. The van der Waals surface area contributed by atoms with E-state index in [-0.39, 0.29) is 30.6 Å². The van der Waals surface area contributed by atoms with Gasteiger partial charge in [0, 0.05) is 48.2 Å². The van der Waals surface area contributed by atoms with E-state index in [0.29, 0.717) is 24.7 Å². The second kappa shape index (κ2) is 11.5. The number of piperidine rings is 3. The van der Waals surface area contributed by atoms with E-state index in [2.05, 4.69) is 21.3 Å². The van der Waals surface area contributed by atoms with Crippen molar-refractivity contribution in [3.8, 4) is 10.6 Å². The molecule has 40 heavy (non-hydrogen) atoms. The fourth-order valence-corrected chi connectivity index (χ4v) is 6.52. The van der Waals surface area contributed by atoms with Crippen molar-refractivity contribution in [1.82, 2.24) is 29.9 Å². The third kappa shape index (κ3) is 5.97. The van der Waals surface area contributed by atoms with Gasteiger partial charge in [0.25, 0.3) is 12.4 Å². The normalized spacial score (nSPS) is 23.9. The molecule has 3 aromatic rings. The Morgan fingerprint density at radius 1 is 1.15 bits per heavy atom. The summed E-state index contributed by atoms with van der Waals surface area (Å²) in [4.78, 5) is 43.3. The number of aromatic nitrogens is 3. The minimum absolute atomic E-state index is 0.0417. The van der Waals surface area contributed by atoms with Crippen molar-refractivity contribution >= 4 is 40.7 Å². The van der Waals surface area contributed by atoms with Gasteiger partial charge in [-0.3, -0.25) is 14.3 Å². The average molecular weight is 569 g/mol. The van der Waals surface area contributed by atoms with Crippen LogP contribution in [0.4, 0.5) is 4.79 Å². The molecule has 2 amide bonds. The molecule has 4 aliphatic heterocycles. The lowest BCUT2D eigenvalue weighted by Crippen LogP contribution is -2.57. The highest BCUT2D eigenvalue weighted by Gasteiger charge is 2.37. The number of rotatable bonds is 4. The molecule has 6 heterocycles. The number of ether oxygens (including phenoxy) is 1. The van der Waals surface area contributed by atoms with Gasteiger partial charge >= 0.3 is 6.09 Å². The van der Waals surface area contributed by atoms with E-state index in [0.717, 1.165) is 60.4 Å². The summed E-state index contributed by atoms with van der Waals surface area (Å²) in [6.07, 6.45) is 4.51. The SMILES string of the molecule is CC(C)(C)OC(=O)N1CCC(n2nc(C(=O)N[C@@H]3CN4CCC3CC4)c3ccc(-c4nccs4)cc32)C1.O=CO. The van der Waals surface area contributed by atoms with Crippen LogP contribution in [0.2, 0.25) is 0 Å². The number of hydrogen-bond acceptors (Lipinski definition) is 8. The maximum atomic E-state index is 13.6. The molecule has 4 aliphatic rings. The summed E-state index contributed by atoms with van der Waals surface area (Å²) in [6, 6.07) is 6.20. The number of amides is 2. The summed E-state index contributed by atoms with van der Waals surface area (Å²) in [5, 5.41) is 18.8. The molecule has 0 saturated carbocycles. The Labute approximate surface area is 237 Å². The van der Waals surface area contributed by atoms with E-state index < -0.39 is 5.60 Å². The summed E-state index contributed by atoms with van der Waals surface area (Å²) in [5.74, 6) is 0.419. The molecule has 2 aromatic heterocycles. The van der Waals surface area contributed by atoms with Crippen LogP contribution in [0.5, 0.6) is 0 Å². The van der Waals surface area contributed by atoms with Gasteiger partial charge in [-0.05, 0) is 71.2 Å².